The number of rotatable bonds is 8. The Hall–Kier alpha value is -1.64. The number of hydrogen-bond donors (Lipinski definition) is 1. The van der Waals surface area contributed by atoms with Gasteiger partial charge in [0.2, 0.25) is 15.9 Å². The third-order valence-corrected chi connectivity index (χ3v) is 4.87. The van der Waals surface area contributed by atoms with Crippen LogP contribution < -0.4 is 10.1 Å². The first kappa shape index (κ1) is 18.4. The fourth-order valence-electron chi connectivity index (χ4n) is 1.83. The molecule has 0 aromatic heterocycles. The highest BCUT2D eigenvalue weighted by Crippen LogP contribution is 2.23. The molecule has 1 aromatic carbocycles. The fourth-order valence-corrected chi connectivity index (χ4v) is 3.04. The molecule has 0 aliphatic carbocycles. The molecule has 8 heteroatoms. The lowest BCUT2D eigenvalue weighted by molar-refractivity contribution is -0.121. The molecule has 0 radical (unpaired) electrons. The zero-order valence-electron chi connectivity index (χ0n) is 13.3. The van der Waals surface area contributed by atoms with Crippen molar-refractivity contribution in [2.24, 2.45) is 0 Å². The topological polar surface area (TPSA) is 84.9 Å². The van der Waals surface area contributed by atoms with E-state index < -0.39 is 10.0 Å². The number of nitrogens with one attached hydrogen (secondary N) is 1. The van der Waals surface area contributed by atoms with Crippen LogP contribution in [0.3, 0.4) is 0 Å². The Bertz CT molecular complexity index is 616. The minimum atomic E-state index is -3.73. The molecular formula is C14H22N2O5S. The number of methoxy groups -OCH3 is 2. The highest BCUT2D eigenvalue weighted by molar-refractivity contribution is 7.89. The molecule has 7 nitrogen and oxygen atoms in total. The summed E-state index contributed by atoms with van der Waals surface area (Å²) in [6.45, 7) is 2.22. The van der Waals surface area contributed by atoms with Crippen molar-refractivity contribution in [3.63, 3.8) is 0 Å². The van der Waals surface area contributed by atoms with Crippen LogP contribution in [0.5, 0.6) is 5.75 Å². The molecule has 0 fully saturated rings. The smallest absolute Gasteiger partial charge is 0.243 e. The first-order valence-corrected chi connectivity index (χ1v) is 8.13. The van der Waals surface area contributed by atoms with Gasteiger partial charge in [-0.3, -0.25) is 4.79 Å². The lowest BCUT2D eigenvalue weighted by Gasteiger charge is -2.17. The minimum Gasteiger partial charge on any atom is -0.496 e. The van der Waals surface area contributed by atoms with Crippen LogP contribution in [0.15, 0.2) is 23.1 Å². The predicted octanol–water partition coefficient (Wildman–Crippen LogP) is 0.387. The maximum atomic E-state index is 12.4. The van der Waals surface area contributed by atoms with Crippen LogP contribution >= 0.6 is 0 Å². The van der Waals surface area contributed by atoms with E-state index in [1.54, 1.807) is 13.0 Å². The first-order chi connectivity index (χ1) is 10.3. The Morgan fingerprint density at radius 2 is 2.00 bits per heavy atom. The van der Waals surface area contributed by atoms with Gasteiger partial charge in [-0.15, -0.1) is 0 Å². The van der Waals surface area contributed by atoms with E-state index in [0.29, 0.717) is 24.5 Å². The molecule has 1 rings (SSSR count). The summed E-state index contributed by atoms with van der Waals surface area (Å²) in [7, 11) is 0.683. The van der Waals surface area contributed by atoms with E-state index in [4.69, 9.17) is 9.47 Å². The number of hydrogen-bond acceptors (Lipinski definition) is 5. The van der Waals surface area contributed by atoms with Gasteiger partial charge in [-0.1, -0.05) is 0 Å². The number of aryl methyl sites for hydroxylation is 1. The van der Waals surface area contributed by atoms with Gasteiger partial charge in [0.1, 0.15) is 5.75 Å². The van der Waals surface area contributed by atoms with Crippen LogP contribution in [-0.2, 0) is 19.6 Å². The second-order valence-corrected chi connectivity index (χ2v) is 6.78. The summed E-state index contributed by atoms with van der Waals surface area (Å²) in [6.07, 6.45) is 0. The average Bonchev–Trinajstić information content (AvgIpc) is 2.47. The normalized spacial score (nSPS) is 11.5. The van der Waals surface area contributed by atoms with Crippen LogP contribution in [0.1, 0.15) is 5.56 Å². The number of ether oxygens (including phenoxy) is 2. The van der Waals surface area contributed by atoms with Gasteiger partial charge >= 0.3 is 0 Å². The van der Waals surface area contributed by atoms with Crippen molar-refractivity contribution in [3.8, 4) is 5.75 Å². The molecule has 0 saturated carbocycles. The lowest BCUT2D eigenvalue weighted by atomic mass is 10.2. The van der Waals surface area contributed by atoms with Crippen molar-refractivity contribution >= 4 is 15.9 Å². The summed E-state index contributed by atoms with van der Waals surface area (Å²) in [6, 6.07) is 4.57. The van der Waals surface area contributed by atoms with Gasteiger partial charge in [-0.2, -0.15) is 4.31 Å². The maximum Gasteiger partial charge on any atom is 0.243 e. The van der Waals surface area contributed by atoms with E-state index >= 15 is 0 Å². The second-order valence-electron chi connectivity index (χ2n) is 4.74. The van der Waals surface area contributed by atoms with E-state index in [0.717, 1.165) is 4.31 Å². The van der Waals surface area contributed by atoms with Gasteiger partial charge in [-0.05, 0) is 30.7 Å². The monoisotopic (exact) mass is 330 g/mol. The van der Waals surface area contributed by atoms with Gasteiger partial charge < -0.3 is 14.8 Å². The SMILES string of the molecule is COCCNC(=O)CN(C)S(=O)(=O)c1ccc(OC)c(C)c1. The van der Waals surface area contributed by atoms with Gasteiger partial charge in [0.15, 0.2) is 0 Å². The van der Waals surface area contributed by atoms with Gasteiger partial charge in [0.05, 0.1) is 25.2 Å². The third kappa shape index (κ3) is 4.69. The lowest BCUT2D eigenvalue weighted by Crippen LogP contribution is -2.39. The number of sulfonamides is 1. The van der Waals surface area contributed by atoms with Crippen molar-refractivity contribution in [1.29, 1.82) is 0 Å². The molecule has 1 amide bonds. The molecule has 0 bridgehead atoms. The van der Waals surface area contributed by atoms with Crippen LogP contribution in [0.4, 0.5) is 0 Å². The summed E-state index contributed by atoms with van der Waals surface area (Å²) < 4.78 is 35.8. The maximum absolute atomic E-state index is 12.4. The summed E-state index contributed by atoms with van der Waals surface area (Å²) in [5.41, 5.74) is 0.710. The first-order valence-electron chi connectivity index (χ1n) is 6.69. The molecule has 124 valence electrons. The largest absolute Gasteiger partial charge is 0.496 e. The molecule has 0 unspecified atom stereocenters. The number of carbonyl (C=O) groups excluding carboxylic acids is 1. The molecule has 0 aliphatic rings. The molecule has 0 saturated heterocycles. The van der Waals surface area contributed by atoms with E-state index in [9.17, 15) is 13.2 Å². The number of nitrogens with zero attached hydrogens (tertiary/aromatic N) is 1. The van der Waals surface area contributed by atoms with Crippen LogP contribution in [-0.4, -0.2) is 59.6 Å². The molecule has 0 heterocycles. The second kappa shape index (κ2) is 8.11. The highest BCUT2D eigenvalue weighted by Gasteiger charge is 2.23. The minimum absolute atomic E-state index is 0.123. The number of likely N-dealkylation sites (N-methyl/N-ethyl adjacent to an activating group) is 1. The number of carbonyl (C=O) groups is 1. The average molecular weight is 330 g/mol. The molecule has 0 atom stereocenters. The Morgan fingerprint density at radius 3 is 2.55 bits per heavy atom. The Balaban J connectivity index is 2.80. The molecule has 1 N–H and O–H groups in total. The van der Waals surface area contributed by atoms with Crippen molar-refractivity contribution in [2.75, 3.05) is 41.0 Å². The molecule has 0 aliphatic heterocycles. The summed E-state index contributed by atoms with van der Waals surface area (Å²) >= 11 is 0. The van der Waals surface area contributed by atoms with E-state index in [1.165, 1.54) is 33.4 Å². The van der Waals surface area contributed by atoms with Crippen molar-refractivity contribution in [2.45, 2.75) is 11.8 Å². The number of amides is 1. The third-order valence-electron chi connectivity index (χ3n) is 3.07. The van der Waals surface area contributed by atoms with E-state index in [1.807, 2.05) is 0 Å². The van der Waals surface area contributed by atoms with Gasteiger partial charge in [0.25, 0.3) is 0 Å². The zero-order valence-corrected chi connectivity index (χ0v) is 14.1. The molecule has 1 aromatic rings. The molecular weight excluding hydrogens is 308 g/mol. The highest BCUT2D eigenvalue weighted by atomic mass is 32.2. The fraction of sp³-hybridized carbons (Fsp3) is 0.500. The number of benzene rings is 1. The quantitative estimate of drug-likeness (QED) is 0.697. The Morgan fingerprint density at radius 1 is 1.32 bits per heavy atom. The standard InChI is InChI=1S/C14H22N2O5S/c1-11-9-12(5-6-13(11)21-4)22(18,19)16(2)10-14(17)15-7-8-20-3/h5-6,9H,7-8,10H2,1-4H3,(H,15,17). The van der Waals surface area contributed by atoms with Crippen molar-refractivity contribution in [1.82, 2.24) is 9.62 Å². The summed E-state index contributed by atoms with van der Waals surface area (Å²) in [4.78, 5) is 11.8. The van der Waals surface area contributed by atoms with Crippen molar-refractivity contribution in [3.05, 3.63) is 23.8 Å². The Labute approximate surface area is 131 Å². The van der Waals surface area contributed by atoms with Crippen molar-refractivity contribution < 1.29 is 22.7 Å². The van der Waals surface area contributed by atoms with E-state index in [2.05, 4.69) is 5.32 Å². The molecule has 22 heavy (non-hydrogen) atoms. The van der Waals surface area contributed by atoms with Gasteiger partial charge in [0, 0.05) is 20.7 Å². The summed E-state index contributed by atoms with van der Waals surface area (Å²) in [5.74, 6) is 0.229. The van der Waals surface area contributed by atoms with Crippen LogP contribution in [0.2, 0.25) is 0 Å². The zero-order chi connectivity index (χ0) is 16.8. The molecule has 0 spiro atoms. The predicted molar refractivity (Wildman–Crippen MR) is 82.4 cm³/mol. The Kier molecular flexibility index (Phi) is 6.79. The summed E-state index contributed by atoms with van der Waals surface area (Å²) in [5, 5.41) is 2.58. The van der Waals surface area contributed by atoms with Crippen LogP contribution in [0.25, 0.3) is 0 Å². The van der Waals surface area contributed by atoms with Gasteiger partial charge in [-0.25, -0.2) is 8.42 Å². The van der Waals surface area contributed by atoms with Crippen LogP contribution in [0, 0.1) is 6.92 Å². The van der Waals surface area contributed by atoms with E-state index in [-0.39, 0.29) is 17.3 Å².